The Morgan fingerprint density at radius 1 is 0.800 bits per heavy atom. The number of hydrogen-bond acceptors (Lipinski definition) is 0. The smallest absolute Gasteiger partial charge is 0.0266 e. The van der Waals surface area contributed by atoms with E-state index in [0.29, 0.717) is 0 Å². The zero-order valence-electron chi connectivity index (χ0n) is 2.81. The summed E-state index contributed by atoms with van der Waals surface area (Å²) in [5.74, 6) is 0. The molecule has 0 aliphatic carbocycles. The molecule has 4 heteroatoms. The van der Waals surface area contributed by atoms with Crippen molar-refractivity contribution >= 4 is 37.0 Å². The average Bonchev–Trinajstić information content (AvgIpc) is 0.722. The van der Waals surface area contributed by atoms with E-state index in [-0.39, 0.29) is 4.38 Å². The van der Waals surface area contributed by atoms with Gasteiger partial charge < -0.3 is 0 Å². The van der Waals surface area contributed by atoms with Gasteiger partial charge in [0.1, 0.15) is 0 Å². The molecule has 0 heterocycles. The third-order valence-electron chi connectivity index (χ3n) is 0. The Morgan fingerprint density at radius 3 is 0.800 bits per heavy atom. The SMILES string of the molecule is PC(P)(P)P. The zero-order chi connectivity index (χ0) is 4.50. The molecule has 4 atom stereocenters. The van der Waals surface area contributed by atoms with E-state index in [0.717, 1.165) is 0 Å². The average molecular weight is 144 g/mol. The molecule has 0 aliphatic heterocycles. The second-order valence-corrected chi connectivity index (χ2v) is 9.00. The summed E-state index contributed by atoms with van der Waals surface area (Å²) in [5, 5.41) is 0. The Balaban J connectivity index is 3.02. The maximum Gasteiger partial charge on any atom is 0.0266 e. The summed E-state index contributed by atoms with van der Waals surface area (Å²) in [6.45, 7) is 0. The van der Waals surface area contributed by atoms with E-state index in [9.17, 15) is 0 Å². The van der Waals surface area contributed by atoms with Crippen molar-refractivity contribution in [3.63, 3.8) is 0 Å². The van der Waals surface area contributed by atoms with Gasteiger partial charge >= 0.3 is 0 Å². The molecule has 0 N–H and O–H groups in total. The van der Waals surface area contributed by atoms with Crippen LogP contribution in [0, 0.1) is 0 Å². The highest BCUT2D eigenvalue weighted by molar-refractivity contribution is 7.72. The third kappa shape index (κ3) is 26.8. The minimum Gasteiger partial charge on any atom is -0.119 e. The minimum atomic E-state index is 0.167. The standard InChI is InChI=1S/CH8P4/c2-1(3,4)5/h2-5H2. The van der Waals surface area contributed by atoms with Crippen LogP contribution in [0.25, 0.3) is 0 Å². The monoisotopic (exact) mass is 144 g/mol. The number of rotatable bonds is 0. The summed E-state index contributed by atoms with van der Waals surface area (Å²) in [7, 11) is 10.4. The van der Waals surface area contributed by atoms with Gasteiger partial charge in [0, 0.05) is 4.38 Å². The van der Waals surface area contributed by atoms with Crippen LogP contribution in [-0.4, -0.2) is 4.38 Å². The van der Waals surface area contributed by atoms with Crippen molar-refractivity contribution in [3.8, 4) is 0 Å². The van der Waals surface area contributed by atoms with E-state index in [4.69, 9.17) is 0 Å². The summed E-state index contributed by atoms with van der Waals surface area (Å²) in [5.41, 5.74) is 0. The lowest BCUT2D eigenvalue weighted by atomic mass is 11.8. The lowest BCUT2D eigenvalue weighted by molar-refractivity contribution is 1.93. The fourth-order valence-electron chi connectivity index (χ4n) is 0. The van der Waals surface area contributed by atoms with Gasteiger partial charge in [-0.1, -0.05) is 0 Å². The second-order valence-electron chi connectivity index (χ2n) is 1.00. The zero-order valence-corrected chi connectivity index (χ0v) is 7.43. The van der Waals surface area contributed by atoms with Gasteiger partial charge in [0.05, 0.1) is 0 Å². The Hall–Kier alpha value is 1.72. The first-order valence-corrected chi connectivity index (χ1v) is 3.46. The molecule has 0 saturated carbocycles. The first-order chi connectivity index (χ1) is 2.00. The summed E-state index contributed by atoms with van der Waals surface area (Å²) in [4.78, 5) is 0. The Morgan fingerprint density at radius 2 is 0.800 bits per heavy atom. The summed E-state index contributed by atoms with van der Waals surface area (Å²) in [6.07, 6.45) is 0. The lowest BCUT2D eigenvalue weighted by Crippen LogP contribution is -1.74. The van der Waals surface area contributed by atoms with Crippen LogP contribution in [0.3, 0.4) is 0 Å². The molecular weight excluding hydrogens is 136 g/mol. The van der Waals surface area contributed by atoms with Crippen molar-refractivity contribution in [2.45, 2.75) is 4.38 Å². The highest BCUT2D eigenvalue weighted by Gasteiger charge is 1.96. The molecule has 0 amide bonds. The molecule has 0 spiro atoms. The van der Waals surface area contributed by atoms with Gasteiger partial charge in [-0.2, -0.15) is 0 Å². The van der Waals surface area contributed by atoms with E-state index >= 15 is 0 Å². The molecule has 0 aromatic carbocycles. The van der Waals surface area contributed by atoms with Crippen LogP contribution in [0.4, 0.5) is 0 Å². The van der Waals surface area contributed by atoms with E-state index in [2.05, 4.69) is 37.0 Å². The molecule has 0 rings (SSSR count). The molecule has 0 fully saturated rings. The largest absolute Gasteiger partial charge is 0.119 e. The van der Waals surface area contributed by atoms with Gasteiger partial charge in [0.25, 0.3) is 0 Å². The summed E-state index contributed by atoms with van der Waals surface area (Å²) in [6, 6.07) is 0. The van der Waals surface area contributed by atoms with E-state index < -0.39 is 0 Å². The van der Waals surface area contributed by atoms with Crippen molar-refractivity contribution in [2.75, 3.05) is 0 Å². The predicted octanol–water partition coefficient (Wildman–Crippen LogP) is 1.10. The second kappa shape index (κ2) is 2.14. The molecule has 0 radical (unpaired) electrons. The minimum absolute atomic E-state index is 0.167. The molecule has 0 aliphatic rings. The van der Waals surface area contributed by atoms with Crippen LogP contribution in [0.2, 0.25) is 0 Å². The van der Waals surface area contributed by atoms with Gasteiger partial charge in [-0.25, -0.2) is 0 Å². The van der Waals surface area contributed by atoms with Gasteiger partial charge in [-0.15, -0.1) is 37.0 Å². The van der Waals surface area contributed by atoms with Crippen molar-refractivity contribution < 1.29 is 0 Å². The van der Waals surface area contributed by atoms with E-state index in [1.807, 2.05) is 0 Å². The van der Waals surface area contributed by atoms with Gasteiger partial charge in [-0.3, -0.25) is 0 Å². The quantitative estimate of drug-likeness (QED) is 0.446. The van der Waals surface area contributed by atoms with Gasteiger partial charge in [-0.05, 0) is 0 Å². The van der Waals surface area contributed by atoms with Crippen molar-refractivity contribution in [1.29, 1.82) is 0 Å². The van der Waals surface area contributed by atoms with Crippen molar-refractivity contribution in [3.05, 3.63) is 0 Å². The van der Waals surface area contributed by atoms with Crippen molar-refractivity contribution in [1.82, 2.24) is 0 Å². The molecule has 0 aromatic heterocycles. The van der Waals surface area contributed by atoms with Crippen molar-refractivity contribution in [2.24, 2.45) is 0 Å². The Bertz CT molecular complexity index is 19.1. The van der Waals surface area contributed by atoms with Crippen LogP contribution < -0.4 is 0 Å². The first kappa shape index (κ1) is 6.72. The van der Waals surface area contributed by atoms with Gasteiger partial charge in [0.2, 0.25) is 0 Å². The van der Waals surface area contributed by atoms with Crippen LogP contribution in [0.5, 0.6) is 0 Å². The van der Waals surface area contributed by atoms with E-state index in [1.165, 1.54) is 0 Å². The van der Waals surface area contributed by atoms with Crippen LogP contribution >= 0.6 is 37.0 Å². The maximum absolute atomic E-state index is 2.60. The topological polar surface area (TPSA) is 0 Å². The highest BCUT2D eigenvalue weighted by atomic mass is 31.2. The third-order valence-corrected chi connectivity index (χ3v) is 0. The first-order valence-electron chi connectivity index (χ1n) is 1.15. The Kier molecular flexibility index (Phi) is 2.87. The maximum atomic E-state index is 2.60. The van der Waals surface area contributed by atoms with Crippen LogP contribution in [-0.2, 0) is 0 Å². The highest BCUT2D eigenvalue weighted by Crippen LogP contribution is 2.40. The molecular formula is CH8P4. The molecule has 0 bridgehead atoms. The van der Waals surface area contributed by atoms with Crippen LogP contribution in [0.15, 0.2) is 0 Å². The fraction of sp³-hybridized carbons (Fsp3) is 1.00. The molecule has 0 aromatic rings. The fourth-order valence-corrected chi connectivity index (χ4v) is 0. The normalized spacial score (nSPS) is 12.0. The molecule has 5 heavy (non-hydrogen) atoms. The molecule has 0 saturated heterocycles. The molecule has 32 valence electrons. The predicted molar refractivity (Wildman–Crippen MR) is 41.6 cm³/mol. The van der Waals surface area contributed by atoms with Crippen LogP contribution in [0.1, 0.15) is 0 Å². The summed E-state index contributed by atoms with van der Waals surface area (Å²) >= 11 is 0. The Labute approximate surface area is 42.1 Å². The molecule has 0 nitrogen and oxygen atoms in total. The number of hydrogen-bond donors (Lipinski definition) is 0. The van der Waals surface area contributed by atoms with Gasteiger partial charge in [0.15, 0.2) is 0 Å². The van der Waals surface area contributed by atoms with E-state index in [1.54, 1.807) is 0 Å². The molecule has 4 unspecified atom stereocenters. The summed E-state index contributed by atoms with van der Waals surface area (Å²) < 4.78 is 0.167. The lowest BCUT2D eigenvalue weighted by Gasteiger charge is -2.05.